The van der Waals surface area contributed by atoms with Crippen molar-refractivity contribution in [1.82, 2.24) is 4.98 Å². The van der Waals surface area contributed by atoms with E-state index in [0.29, 0.717) is 17.9 Å². The minimum atomic E-state index is -0.711. The molecule has 0 spiro atoms. The van der Waals surface area contributed by atoms with Gasteiger partial charge in [0.25, 0.3) is 0 Å². The summed E-state index contributed by atoms with van der Waals surface area (Å²) in [5, 5.41) is 9.74. The lowest BCUT2D eigenvalue weighted by Crippen LogP contribution is -2.05. The van der Waals surface area contributed by atoms with E-state index in [2.05, 4.69) is 9.72 Å². The summed E-state index contributed by atoms with van der Waals surface area (Å²) in [4.78, 5) is 14.8. The highest BCUT2D eigenvalue weighted by Crippen LogP contribution is 2.19. The molecule has 5 nitrogen and oxygen atoms in total. The monoisotopic (exact) mass is 225 g/mol. The summed E-state index contributed by atoms with van der Waals surface area (Å²) in [6, 6.07) is 3.38. The number of hydrogen-bond acceptors (Lipinski definition) is 5. The lowest BCUT2D eigenvalue weighted by molar-refractivity contribution is -0.141. The zero-order chi connectivity index (χ0) is 12.0. The first-order valence-corrected chi connectivity index (χ1v) is 4.92. The number of carbonyl (C=O) groups excluding carboxylic acids is 1. The average molecular weight is 225 g/mol. The molecule has 0 aliphatic carbocycles. The van der Waals surface area contributed by atoms with E-state index < -0.39 is 6.10 Å². The van der Waals surface area contributed by atoms with E-state index in [1.54, 1.807) is 12.1 Å². The fraction of sp³-hybridized carbons (Fsp3) is 0.455. The minimum Gasteiger partial charge on any atom is -0.481 e. The van der Waals surface area contributed by atoms with Gasteiger partial charge in [-0.2, -0.15) is 0 Å². The molecule has 0 fully saturated rings. The molecule has 0 aromatic carbocycles. The molecule has 16 heavy (non-hydrogen) atoms. The van der Waals surface area contributed by atoms with Gasteiger partial charge in [0.15, 0.2) is 0 Å². The molecule has 1 aromatic rings. The quantitative estimate of drug-likeness (QED) is 0.759. The third-order valence-corrected chi connectivity index (χ3v) is 2.20. The summed E-state index contributed by atoms with van der Waals surface area (Å²) in [5.74, 6) is 0.157. The van der Waals surface area contributed by atoms with Gasteiger partial charge in [0.05, 0.1) is 20.3 Å². The average Bonchev–Trinajstić information content (AvgIpc) is 2.35. The van der Waals surface area contributed by atoms with Crippen LogP contribution in [0.1, 0.15) is 24.5 Å². The summed E-state index contributed by atoms with van der Waals surface area (Å²) in [6.07, 6.45) is 1.32. The van der Waals surface area contributed by atoms with Gasteiger partial charge >= 0.3 is 5.97 Å². The van der Waals surface area contributed by atoms with E-state index in [0.717, 1.165) is 0 Å². The van der Waals surface area contributed by atoms with Gasteiger partial charge in [-0.25, -0.2) is 4.98 Å². The maximum atomic E-state index is 10.9. The van der Waals surface area contributed by atoms with Gasteiger partial charge in [0, 0.05) is 18.7 Å². The number of pyridine rings is 1. The zero-order valence-electron chi connectivity index (χ0n) is 9.34. The van der Waals surface area contributed by atoms with Crippen molar-refractivity contribution in [2.45, 2.75) is 18.9 Å². The molecular weight excluding hydrogens is 210 g/mol. The fourth-order valence-corrected chi connectivity index (χ4v) is 1.23. The highest BCUT2D eigenvalue weighted by Gasteiger charge is 2.11. The Morgan fingerprint density at radius 2 is 2.25 bits per heavy atom. The van der Waals surface area contributed by atoms with E-state index in [4.69, 9.17) is 4.74 Å². The van der Waals surface area contributed by atoms with Crippen LogP contribution in [0.25, 0.3) is 0 Å². The number of rotatable bonds is 5. The molecule has 0 aliphatic rings. The first kappa shape index (κ1) is 12.4. The van der Waals surface area contributed by atoms with Crippen molar-refractivity contribution in [2.75, 3.05) is 14.2 Å². The second-order valence-corrected chi connectivity index (χ2v) is 3.26. The van der Waals surface area contributed by atoms with Crippen molar-refractivity contribution in [3.63, 3.8) is 0 Å². The van der Waals surface area contributed by atoms with Crippen LogP contribution in [0.4, 0.5) is 0 Å². The smallest absolute Gasteiger partial charge is 0.305 e. The summed E-state index contributed by atoms with van der Waals surface area (Å²) in [7, 11) is 2.85. The first-order chi connectivity index (χ1) is 7.67. The molecule has 0 saturated heterocycles. The number of hydrogen-bond donors (Lipinski definition) is 1. The lowest BCUT2D eigenvalue weighted by atomic mass is 10.1. The Morgan fingerprint density at radius 1 is 1.50 bits per heavy atom. The van der Waals surface area contributed by atoms with Crippen molar-refractivity contribution in [3.05, 3.63) is 23.9 Å². The Balaban J connectivity index is 2.52. The molecule has 1 unspecified atom stereocenters. The number of aromatic nitrogens is 1. The molecule has 0 amide bonds. The molecule has 1 aromatic heterocycles. The van der Waals surface area contributed by atoms with Gasteiger partial charge < -0.3 is 14.6 Å². The molecule has 1 heterocycles. The first-order valence-electron chi connectivity index (χ1n) is 4.92. The van der Waals surface area contributed by atoms with Crippen LogP contribution in [0, 0.1) is 0 Å². The molecule has 1 N–H and O–H groups in total. The predicted octanol–water partition coefficient (Wildman–Crippen LogP) is 1.08. The Kier molecular flexibility index (Phi) is 4.72. The molecule has 5 heteroatoms. The molecule has 0 radical (unpaired) electrons. The standard InChI is InChI=1S/C11H15NO4/c1-15-10-5-3-8(7-12-10)9(13)4-6-11(14)16-2/h3,5,7,9,13H,4,6H2,1-2H3. The van der Waals surface area contributed by atoms with E-state index >= 15 is 0 Å². The van der Waals surface area contributed by atoms with E-state index in [-0.39, 0.29) is 12.4 Å². The van der Waals surface area contributed by atoms with Gasteiger partial charge in [-0.3, -0.25) is 4.79 Å². The second kappa shape index (κ2) is 6.07. The second-order valence-electron chi connectivity index (χ2n) is 3.26. The molecule has 0 saturated carbocycles. The largest absolute Gasteiger partial charge is 0.481 e. The fourth-order valence-electron chi connectivity index (χ4n) is 1.23. The van der Waals surface area contributed by atoms with E-state index in [1.807, 2.05) is 0 Å². The molecule has 1 rings (SSSR count). The molecule has 0 bridgehead atoms. The van der Waals surface area contributed by atoms with Crippen LogP contribution in [0.5, 0.6) is 5.88 Å². The number of aliphatic hydroxyl groups excluding tert-OH is 1. The zero-order valence-corrected chi connectivity index (χ0v) is 9.34. The topological polar surface area (TPSA) is 68.7 Å². The summed E-state index contributed by atoms with van der Waals surface area (Å²) in [6.45, 7) is 0. The predicted molar refractivity (Wildman–Crippen MR) is 57.0 cm³/mol. The minimum absolute atomic E-state index is 0.184. The van der Waals surface area contributed by atoms with Crippen LogP contribution < -0.4 is 4.74 Å². The number of carbonyl (C=O) groups is 1. The highest BCUT2D eigenvalue weighted by molar-refractivity contribution is 5.69. The lowest BCUT2D eigenvalue weighted by Gasteiger charge is -2.09. The Bertz CT molecular complexity index is 336. The van der Waals surface area contributed by atoms with Crippen molar-refractivity contribution >= 4 is 5.97 Å². The van der Waals surface area contributed by atoms with Crippen LogP contribution in [-0.4, -0.2) is 30.3 Å². The number of aliphatic hydroxyl groups is 1. The summed E-state index contributed by atoms with van der Waals surface area (Å²) in [5.41, 5.74) is 0.657. The number of methoxy groups -OCH3 is 2. The van der Waals surface area contributed by atoms with Crippen LogP contribution in [0.2, 0.25) is 0 Å². The third kappa shape index (κ3) is 3.51. The number of esters is 1. The SMILES string of the molecule is COC(=O)CCC(O)c1ccc(OC)nc1. The van der Waals surface area contributed by atoms with Crippen molar-refractivity contribution in [3.8, 4) is 5.88 Å². The molecule has 0 aliphatic heterocycles. The number of ether oxygens (including phenoxy) is 2. The Labute approximate surface area is 94.0 Å². The van der Waals surface area contributed by atoms with Crippen molar-refractivity contribution < 1.29 is 19.4 Å². The summed E-state index contributed by atoms with van der Waals surface area (Å²) < 4.78 is 9.38. The van der Waals surface area contributed by atoms with Crippen LogP contribution >= 0.6 is 0 Å². The highest BCUT2D eigenvalue weighted by atomic mass is 16.5. The normalized spacial score (nSPS) is 11.9. The maximum Gasteiger partial charge on any atom is 0.305 e. The van der Waals surface area contributed by atoms with Gasteiger partial charge in [-0.05, 0) is 18.1 Å². The molecular formula is C11H15NO4. The van der Waals surface area contributed by atoms with Gasteiger partial charge in [-0.15, -0.1) is 0 Å². The molecule has 1 atom stereocenters. The van der Waals surface area contributed by atoms with Gasteiger partial charge in [0.2, 0.25) is 5.88 Å². The van der Waals surface area contributed by atoms with E-state index in [1.165, 1.54) is 20.4 Å². The Hall–Kier alpha value is -1.62. The van der Waals surface area contributed by atoms with Crippen molar-refractivity contribution in [2.24, 2.45) is 0 Å². The van der Waals surface area contributed by atoms with Crippen LogP contribution in [0.15, 0.2) is 18.3 Å². The van der Waals surface area contributed by atoms with Crippen LogP contribution in [-0.2, 0) is 9.53 Å². The van der Waals surface area contributed by atoms with Gasteiger partial charge in [0.1, 0.15) is 0 Å². The van der Waals surface area contributed by atoms with Gasteiger partial charge in [-0.1, -0.05) is 0 Å². The number of nitrogens with zero attached hydrogens (tertiary/aromatic N) is 1. The van der Waals surface area contributed by atoms with Crippen molar-refractivity contribution in [1.29, 1.82) is 0 Å². The maximum absolute atomic E-state index is 10.9. The third-order valence-electron chi connectivity index (χ3n) is 2.20. The molecule has 88 valence electrons. The summed E-state index contributed by atoms with van der Waals surface area (Å²) >= 11 is 0. The van der Waals surface area contributed by atoms with E-state index in [9.17, 15) is 9.90 Å². The Morgan fingerprint density at radius 3 is 2.75 bits per heavy atom. The van der Waals surface area contributed by atoms with Crippen LogP contribution in [0.3, 0.4) is 0 Å².